The predicted molar refractivity (Wildman–Crippen MR) is 291 cm³/mol. The summed E-state index contributed by atoms with van der Waals surface area (Å²) in [6.07, 6.45) is 58.4. The van der Waals surface area contributed by atoms with Crippen LogP contribution < -0.4 is 0 Å². The molecule has 0 saturated carbocycles. The number of carboxylic acids is 1. The molecule has 0 aliphatic carbocycles. The van der Waals surface area contributed by atoms with Crippen LogP contribution in [0.5, 0.6) is 0 Å². The zero-order valence-electron chi connectivity index (χ0n) is 46.2. The SMILES string of the molecule is CCCCCCCC/C=C\CCCCCCCC(=O)OCC(COC(OCC[N+](C)(C)C)C(=O)O)OC(=O)CCCCCCCCCCCCCCCCCCC/C=C\CCCCCCCCCC. The number of unbranched alkanes of at least 4 members (excludes halogenated alkanes) is 36. The van der Waals surface area contributed by atoms with Crippen LogP contribution >= 0.6 is 0 Å². The van der Waals surface area contributed by atoms with Crippen LogP contribution in [0.4, 0.5) is 0 Å². The van der Waals surface area contributed by atoms with Crippen molar-refractivity contribution >= 4 is 17.9 Å². The summed E-state index contributed by atoms with van der Waals surface area (Å²) in [4.78, 5) is 37.4. The van der Waals surface area contributed by atoms with Gasteiger partial charge in [-0.05, 0) is 64.2 Å². The topological polar surface area (TPSA) is 108 Å². The lowest BCUT2D eigenvalue weighted by Gasteiger charge is -2.25. The van der Waals surface area contributed by atoms with E-state index in [1.807, 2.05) is 21.1 Å². The Balaban J connectivity index is 4.13. The molecular formula is C60H114NO8+. The van der Waals surface area contributed by atoms with Gasteiger partial charge < -0.3 is 28.5 Å². The number of nitrogens with zero attached hydrogens (tertiary/aromatic N) is 1. The maximum absolute atomic E-state index is 12.9. The van der Waals surface area contributed by atoms with E-state index in [4.69, 9.17) is 18.9 Å². The molecule has 0 spiro atoms. The number of esters is 2. The standard InChI is InChI=1S/C60H113NO8/c1-6-8-10-12-14-16-18-20-22-23-24-25-26-27-28-29-30-31-32-33-34-35-37-39-41-43-45-47-49-51-58(63)69-56(55-68-60(59(64)65)66-53-52-61(3,4)5)54-67-57(62)50-48-46-44-42-40-38-36-21-19-17-15-13-11-9-7-2/h21,23-24,36,56,60H,6-20,22,25-35,37-55H2,1-5H3/p+1/b24-23-,36-21-. The van der Waals surface area contributed by atoms with Crippen LogP contribution in [0.3, 0.4) is 0 Å². The molecule has 1 N–H and O–H groups in total. The van der Waals surface area contributed by atoms with Crippen LogP contribution in [0, 0.1) is 0 Å². The van der Waals surface area contributed by atoms with E-state index in [-0.39, 0.29) is 32.2 Å². The summed E-state index contributed by atoms with van der Waals surface area (Å²) in [5.41, 5.74) is 0. The molecule has 406 valence electrons. The van der Waals surface area contributed by atoms with Crippen molar-refractivity contribution in [2.45, 2.75) is 296 Å². The molecule has 0 saturated heterocycles. The number of aliphatic carboxylic acids is 1. The van der Waals surface area contributed by atoms with E-state index < -0.39 is 24.3 Å². The molecule has 0 heterocycles. The second-order valence-corrected chi connectivity index (χ2v) is 21.3. The Morgan fingerprint density at radius 1 is 0.420 bits per heavy atom. The number of carbonyl (C=O) groups excluding carboxylic acids is 2. The molecule has 2 atom stereocenters. The van der Waals surface area contributed by atoms with Gasteiger partial charge in [0, 0.05) is 12.8 Å². The van der Waals surface area contributed by atoms with Crippen LogP contribution in [-0.4, -0.2) is 87.4 Å². The zero-order chi connectivity index (χ0) is 50.6. The van der Waals surface area contributed by atoms with Gasteiger partial charge in [-0.15, -0.1) is 0 Å². The number of quaternary nitrogens is 1. The van der Waals surface area contributed by atoms with Crippen molar-refractivity contribution in [3.63, 3.8) is 0 Å². The highest BCUT2D eigenvalue weighted by molar-refractivity contribution is 5.71. The van der Waals surface area contributed by atoms with Gasteiger partial charge in [0.2, 0.25) is 0 Å². The quantitative estimate of drug-likeness (QED) is 0.0211. The number of ether oxygens (including phenoxy) is 4. The van der Waals surface area contributed by atoms with Gasteiger partial charge in [0.25, 0.3) is 6.29 Å². The van der Waals surface area contributed by atoms with Crippen molar-refractivity contribution in [1.82, 2.24) is 0 Å². The molecular weight excluding hydrogens is 863 g/mol. The third-order valence-corrected chi connectivity index (χ3v) is 13.2. The summed E-state index contributed by atoms with van der Waals surface area (Å²) in [5.74, 6) is -2.00. The normalized spacial score (nSPS) is 12.9. The van der Waals surface area contributed by atoms with Crippen LogP contribution in [0.25, 0.3) is 0 Å². The molecule has 0 aromatic heterocycles. The van der Waals surface area contributed by atoms with Gasteiger partial charge in [-0.1, -0.05) is 231 Å². The first-order valence-corrected chi connectivity index (χ1v) is 29.5. The van der Waals surface area contributed by atoms with E-state index in [1.54, 1.807) is 0 Å². The summed E-state index contributed by atoms with van der Waals surface area (Å²) in [7, 11) is 5.97. The number of carboxylic acid groups (broad SMARTS) is 1. The molecule has 0 amide bonds. The first-order chi connectivity index (χ1) is 33.6. The van der Waals surface area contributed by atoms with Gasteiger partial charge in [-0.2, -0.15) is 0 Å². The Bertz CT molecular complexity index is 1180. The number of rotatable bonds is 55. The number of likely N-dealkylation sites (N-methyl/N-ethyl adjacent to an activating group) is 1. The lowest BCUT2D eigenvalue weighted by molar-refractivity contribution is -0.870. The molecule has 9 nitrogen and oxygen atoms in total. The van der Waals surface area contributed by atoms with E-state index in [0.717, 1.165) is 51.4 Å². The van der Waals surface area contributed by atoms with E-state index in [0.29, 0.717) is 17.4 Å². The summed E-state index contributed by atoms with van der Waals surface area (Å²) < 4.78 is 22.9. The van der Waals surface area contributed by atoms with E-state index in [2.05, 4.69) is 38.2 Å². The van der Waals surface area contributed by atoms with Gasteiger partial charge in [0.05, 0.1) is 34.4 Å². The summed E-state index contributed by atoms with van der Waals surface area (Å²) in [5, 5.41) is 9.69. The van der Waals surface area contributed by atoms with Crippen LogP contribution in [0.1, 0.15) is 284 Å². The van der Waals surface area contributed by atoms with Crippen LogP contribution in [0.15, 0.2) is 24.3 Å². The second kappa shape index (κ2) is 52.1. The van der Waals surface area contributed by atoms with E-state index in [9.17, 15) is 19.5 Å². The number of hydrogen-bond acceptors (Lipinski definition) is 7. The van der Waals surface area contributed by atoms with Crippen LogP contribution in [-0.2, 0) is 33.3 Å². The van der Waals surface area contributed by atoms with Gasteiger partial charge in [-0.25, -0.2) is 4.79 Å². The van der Waals surface area contributed by atoms with Crippen molar-refractivity contribution in [3.8, 4) is 0 Å². The van der Waals surface area contributed by atoms with Gasteiger partial charge >= 0.3 is 17.9 Å². The predicted octanol–water partition coefficient (Wildman–Crippen LogP) is 17.1. The third-order valence-electron chi connectivity index (χ3n) is 13.2. The maximum atomic E-state index is 12.9. The van der Waals surface area contributed by atoms with Crippen molar-refractivity contribution in [2.75, 3.05) is 47.5 Å². The minimum absolute atomic E-state index is 0.182. The Morgan fingerprint density at radius 2 is 0.739 bits per heavy atom. The third kappa shape index (κ3) is 53.4. The van der Waals surface area contributed by atoms with Crippen molar-refractivity contribution in [2.24, 2.45) is 0 Å². The Labute approximate surface area is 427 Å². The van der Waals surface area contributed by atoms with Crippen LogP contribution in [0.2, 0.25) is 0 Å². The van der Waals surface area contributed by atoms with Gasteiger partial charge in [0.15, 0.2) is 6.10 Å². The van der Waals surface area contributed by atoms with Gasteiger partial charge in [0.1, 0.15) is 13.2 Å². The highest BCUT2D eigenvalue weighted by atomic mass is 16.7. The van der Waals surface area contributed by atoms with Crippen molar-refractivity contribution in [1.29, 1.82) is 0 Å². The Hall–Kier alpha value is -2.23. The summed E-state index contributed by atoms with van der Waals surface area (Å²) in [6.45, 7) is 4.90. The number of carbonyl (C=O) groups is 3. The fraction of sp³-hybridized carbons (Fsp3) is 0.883. The smallest absolute Gasteiger partial charge is 0.361 e. The maximum Gasteiger partial charge on any atom is 0.361 e. The minimum atomic E-state index is -1.51. The Morgan fingerprint density at radius 3 is 1.07 bits per heavy atom. The molecule has 0 radical (unpaired) electrons. The first-order valence-electron chi connectivity index (χ1n) is 29.5. The number of allylic oxidation sites excluding steroid dienone is 4. The molecule has 0 fully saturated rings. The summed E-state index contributed by atoms with van der Waals surface area (Å²) >= 11 is 0. The van der Waals surface area contributed by atoms with E-state index in [1.165, 1.54) is 205 Å². The molecule has 0 aliphatic heterocycles. The molecule has 0 rings (SSSR count). The monoisotopic (exact) mass is 977 g/mol. The molecule has 0 aromatic carbocycles. The lowest BCUT2D eigenvalue weighted by Crippen LogP contribution is -2.40. The fourth-order valence-corrected chi connectivity index (χ4v) is 8.59. The molecule has 2 unspecified atom stereocenters. The fourth-order valence-electron chi connectivity index (χ4n) is 8.59. The van der Waals surface area contributed by atoms with Crippen molar-refractivity contribution in [3.05, 3.63) is 24.3 Å². The van der Waals surface area contributed by atoms with Crippen molar-refractivity contribution < 1.29 is 42.9 Å². The second-order valence-electron chi connectivity index (χ2n) is 21.3. The molecule has 69 heavy (non-hydrogen) atoms. The average molecular weight is 978 g/mol. The lowest BCUT2D eigenvalue weighted by atomic mass is 10.0. The summed E-state index contributed by atoms with van der Waals surface area (Å²) in [6, 6.07) is 0. The highest BCUT2D eigenvalue weighted by Gasteiger charge is 2.25. The minimum Gasteiger partial charge on any atom is -0.477 e. The highest BCUT2D eigenvalue weighted by Crippen LogP contribution is 2.17. The largest absolute Gasteiger partial charge is 0.477 e. The molecule has 0 bridgehead atoms. The molecule has 9 heteroatoms. The number of hydrogen-bond donors (Lipinski definition) is 1. The van der Waals surface area contributed by atoms with E-state index >= 15 is 0 Å². The first kappa shape index (κ1) is 66.8. The Kier molecular flexibility index (Phi) is 50.4. The molecule has 0 aromatic rings. The molecule has 0 aliphatic rings. The average Bonchev–Trinajstić information content (AvgIpc) is 3.31. The zero-order valence-corrected chi connectivity index (χ0v) is 46.2. The van der Waals surface area contributed by atoms with Gasteiger partial charge in [-0.3, -0.25) is 9.59 Å².